The van der Waals surface area contributed by atoms with Crippen molar-refractivity contribution >= 4 is 5.91 Å². The van der Waals surface area contributed by atoms with Crippen LogP contribution in [0.2, 0.25) is 0 Å². The maximum Gasteiger partial charge on any atom is 0.260 e. The van der Waals surface area contributed by atoms with Gasteiger partial charge in [-0.3, -0.25) is 4.79 Å². The number of para-hydroxylation sites is 1. The summed E-state index contributed by atoms with van der Waals surface area (Å²) in [6.45, 7) is 3.65. The third-order valence-corrected chi connectivity index (χ3v) is 5.06. The fraction of sp³-hybridized carbons (Fsp3) is 0.409. The highest BCUT2D eigenvalue weighted by Crippen LogP contribution is 2.28. The molecule has 1 atom stereocenters. The number of carbonyl (C=O) groups excluding carboxylic acids is 1. The Morgan fingerprint density at radius 1 is 1.12 bits per heavy atom. The molecule has 1 heterocycles. The number of ether oxygens (including phenoxy) is 2. The van der Waals surface area contributed by atoms with Crippen LogP contribution in [-0.4, -0.2) is 37.6 Å². The smallest absolute Gasteiger partial charge is 0.260 e. The second-order valence-corrected chi connectivity index (χ2v) is 6.86. The molecule has 0 spiro atoms. The zero-order valence-corrected chi connectivity index (χ0v) is 15.6. The zero-order chi connectivity index (χ0) is 18.4. The Kier molecular flexibility index (Phi) is 6.16. The van der Waals surface area contributed by atoms with Crippen molar-refractivity contribution in [3.63, 3.8) is 0 Å². The van der Waals surface area contributed by atoms with Gasteiger partial charge < -0.3 is 14.4 Å². The predicted octanol–water partition coefficient (Wildman–Crippen LogP) is 4.18. The molecule has 0 N–H and O–H groups in total. The summed E-state index contributed by atoms with van der Waals surface area (Å²) in [5.74, 6) is 2.07. The van der Waals surface area contributed by atoms with Gasteiger partial charge in [-0.15, -0.1) is 0 Å². The van der Waals surface area contributed by atoms with E-state index in [9.17, 15) is 4.79 Å². The van der Waals surface area contributed by atoms with Crippen LogP contribution in [0.4, 0.5) is 0 Å². The van der Waals surface area contributed by atoms with Crippen molar-refractivity contribution in [2.75, 3.05) is 26.8 Å². The van der Waals surface area contributed by atoms with E-state index in [-0.39, 0.29) is 12.5 Å². The maximum absolute atomic E-state index is 12.7. The van der Waals surface area contributed by atoms with Crippen LogP contribution in [-0.2, 0) is 4.79 Å². The summed E-state index contributed by atoms with van der Waals surface area (Å²) < 4.78 is 11.0. The first-order valence-corrected chi connectivity index (χ1v) is 9.27. The second-order valence-electron chi connectivity index (χ2n) is 6.86. The Balaban J connectivity index is 1.62. The molecule has 1 aliphatic rings. The first-order valence-electron chi connectivity index (χ1n) is 9.27. The molecule has 4 heteroatoms. The summed E-state index contributed by atoms with van der Waals surface area (Å²) in [5, 5.41) is 0. The molecule has 1 unspecified atom stereocenters. The molecule has 0 aromatic heterocycles. The summed E-state index contributed by atoms with van der Waals surface area (Å²) in [4.78, 5) is 14.7. The molecule has 2 aromatic carbocycles. The fourth-order valence-electron chi connectivity index (χ4n) is 3.47. The van der Waals surface area contributed by atoms with E-state index in [4.69, 9.17) is 9.47 Å². The molecule has 3 rings (SSSR count). The van der Waals surface area contributed by atoms with E-state index in [1.165, 1.54) is 5.56 Å². The van der Waals surface area contributed by atoms with Crippen molar-refractivity contribution in [2.45, 2.75) is 32.1 Å². The van der Waals surface area contributed by atoms with Gasteiger partial charge in [0.25, 0.3) is 5.91 Å². The molecule has 1 fully saturated rings. The van der Waals surface area contributed by atoms with Gasteiger partial charge >= 0.3 is 0 Å². The lowest BCUT2D eigenvalue weighted by molar-refractivity contribution is -0.133. The molecular formula is C22H27NO3. The van der Waals surface area contributed by atoms with Crippen molar-refractivity contribution in [2.24, 2.45) is 0 Å². The lowest BCUT2D eigenvalue weighted by Gasteiger charge is -2.25. The van der Waals surface area contributed by atoms with Crippen molar-refractivity contribution in [1.82, 2.24) is 4.90 Å². The van der Waals surface area contributed by atoms with E-state index in [2.05, 4.69) is 12.1 Å². The molecule has 1 saturated heterocycles. The average Bonchev–Trinajstić information content (AvgIpc) is 2.93. The van der Waals surface area contributed by atoms with Crippen LogP contribution < -0.4 is 9.47 Å². The molecule has 1 amide bonds. The number of rotatable bonds is 5. The minimum absolute atomic E-state index is 0.0636. The molecule has 138 valence electrons. The van der Waals surface area contributed by atoms with Crippen LogP contribution >= 0.6 is 0 Å². The number of benzene rings is 2. The number of hydrogen-bond donors (Lipinski definition) is 0. The summed E-state index contributed by atoms with van der Waals surface area (Å²) in [6, 6.07) is 16.0. The van der Waals surface area contributed by atoms with E-state index in [0.29, 0.717) is 5.92 Å². The predicted molar refractivity (Wildman–Crippen MR) is 103 cm³/mol. The lowest BCUT2D eigenvalue weighted by Crippen LogP contribution is -2.37. The van der Waals surface area contributed by atoms with Gasteiger partial charge in [0.15, 0.2) is 6.61 Å². The number of carbonyl (C=O) groups is 1. The quantitative estimate of drug-likeness (QED) is 0.809. The second kappa shape index (κ2) is 8.75. The van der Waals surface area contributed by atoms with Crippen LogP contribution in [0.3, 0.4) is 0 Å². The Labute approximate surface area is 155 Å². The first-order chi connectivity index (χ1) is 12.7. The first kappa shape index (κ1) is 18.3. The van der Waals surface area contributed by atoms with Gasteiger partial charge in [0.2, 0.25) is 0 Å². The largest absolute Gasteiger partial charge is 0.497 e. The van der Waals surface area contributed by atoms with Crippen molar-refractivity contribution in [3.05, 3.63) is 59.7 Å². The molecule has 0 bridgehead atoms. The number of aryl methyl sites for hydroxylation is 1. The number of amides is 1. The van der Waals surface area contributed by atoms with Crippen LogP contribution in [0.15, 0.2) is 48.5 Å². The minimum Gasteiger partial charge on any atom is -0.497 e. The molecule has 0 saturated carbocycles. The van der Waals surface area contributed by atoms with Gasteiger partial charge in [0, 0.05) is 19.0 Å². The minimum atomic E-state index is 0.0636. The molecule has 26 heavy (non-hydrogen) atoms. The lowest BCUT2D eigenvalue weighted by atomic mass is 9.94. The molecule has 0 aliphatic carbocycles. The van der Waals surface area contributed by atoms with E-state index in [0.717, 1.165) is 49.4 Å². The van der Waals surface area contributed by atoms with Crippen LogP contribution in [0, 0.1) is 6.92 Å². The van der Waals surface area contributed by atoms with Crippen LogP contribution in [0.1, 0.15) is 36.3 Å². The van der Waals surface area contributed by atoms with E-state index in [1.54, 1.807) is 7.11 Å². The normalized spacial score (nSPS) is 17.5. The number of hydrogen-bond acceptors (Lipinski definition) is 3. The summed E-state index contributed by atoms with van der Waals surface area (Å²) in [7, 11) is 1.68. The standard InChI is InChI=1S/C22H27NO3/c1-17-7-3-4-9-21(17)26-16-22(24)23-14-6-5-8-19(15-23)18-10-12-20(25-2)13-11-18/h3-4,7,9-13,19H,5-6,8,14-16H2,1-2H3. The van der Waals surface area contributed by atoms with E-state index in [1.807, 2.05) is 48.2 Å². The summed E-state index contributed by atoms with van der Waals surface area (Å²) >= 11 is 0. The maximum atomic E-state index is 12.7. The monoisotopic (exact) mass is 353 g/mol. The van der Waals surface area contributed by atoms with Crippen molar-refractivity contribution in [1.29, 1.82) is 0 Å². The molecule has 0 radical (unpaired) electrons. The fourth-order valence-corrected chi connectivity index (χ4v) is 3.47. The number of methoxy groups -OCH3 is 1. The molecule has 4 nitrogen and oxygen atoms in total. The third kappa shape index (κ3) is 4.57. The highest BCUT2D eigenvalue weighted by molar-refractivity contribution is 5.78. The van der Waals surface area contributed by atoms with Crippen molar-refractivity contribution < 1.29 is 14.3 Å². The van der Waals surface area contributed by atoms with Gasteiger partial charge in [-0.05, 0) is 49.1 Å². The van der Waals surface area contributed by atoms with Gasteiger partial charge in [-0.1, -0.05) is 36.8 Å². The topological polar surface area (TPSA) is 38.8 Å². The van der Waals surface area contributed by atoms with E-state index >= 15 is 0 Å². The van der Waals surface area contributed by atoms with E-state index < -0.39 is 0 Å². The Morgan fingerprint density at radius 2 is 1.88 bits per heavy atom. The van der Waals surface area contributed by atoms with Crippen molar-refractivity contribution in [3.8, 4) is 11.5 Å². The number of likely N-dealkylation sites (tertiary alicyclic amines) is 1. The Hall–Kier alpha value is -2.49. The Bertz CT molecular complexity index is 726. The summed E-state index contributed by atoms with van der Waals surface area (Å²) in [5.41, 5.74) is 2.32. The summed E-state index contributed by atoms with van der Waals surface area (Å²) in [6.07, 6.45) is 3.29. The average molecular weight is 353 g/mol. The molecule has 2 aromatic rings. The molecule has 1 aliphatic heterocycles. The van der Waals surface area contributed by atoms with Gasteiger partial charge in [-0.2, -0.15) is 0 Å². The van der Waals surface area contributed by atoms with Gasteiger partial charge in [-0.25, -0.2) is 0 Å². The SMILES string of the molecule is COc1ccc(C2CCCCN(C(=O)COc3ccccc3C)C2)cc1. The van der Waals surface area contributed by atoms with Gasteiger partial charge in [0.05, 0.1) is 7.11 Å². The highest BCUT2D eigenvalue weighted by Gasteiger charge is 2.23. The van der Waals surface area contributed by atoms with Gasteiger partial charge in [0.1, 0.15) is 11.5 Å². The number of nitrogens with zero attached hydrogens (tertiary/aromatic N) is 1. The molecular weight excluding hydrogens is 326 g/mol. The Morgan fingerprint density at radius 3 is 2.62 bits per heavy atom. The third-order valence-electron chi connectivity index (χ3n) is 5.06. The zero-order valence-electron chi connectivity index (χ0n) is 15.6. The van der Waals surface area contributed by atoms with Crippen LogP contribution in [0.25, 0.3) is 0 Å². The van der Waals surface area contributed by atoms with Crippen LogP contribution in [0.5, 0.6) is 11.5 Å². The highest BCUT2D eigenvalue weighted by atomic mass is 16.5.